The molecule has 5 nitrogen and oxygen atoms in total. The summed E-state index contributed by atoms with van der Waals surface area (Å²) < 4.78 is 3.18. The largest absolute Gasteiger partial charge is 0.397 e. The van der Waals surface area contributed by atoms with E-state index in [9.17, 15) is 0 Å². The predicted octanol–water partition coefficient (Wildman–Crippen LogP) is 5.60. The SMILES string of the molecule is CCCCSc1sc2nc(-c3nccs3)cc(-c3ncn(C)c3C)c2c1N. The highest BCUT2D eigenvalue weighted by atomic mass is 32.2. The van der Waals surface area contributed by atoms with Crippen LogP contribution in [-0.4, -0.2) is 25.3 Å². The number of nitrogens with zero attached hydrogens (tertiary/aromatic N) is 4. The first-order chi connectivity index (χ1) is 13.1. The number of fused-ring (bicyclic) bond motifs is 1. The number of rotatable bonds is 6. The average molecular weight is 416 g/mol. The lowest BCUT2D eigenvalue weighted by Crippen LogP contribution is -1.93. The summed E-state index contributed by atoms with van der Waals surface area (Å²) in [5, 5.41) is 3.90. The van der Waals surface area contributed by atoms with E-state index in [1.807, 2.05) is 41.3 Å². The van der Waals surface area contributed by atoms with E-state index in [-0.39, 0.29) is 0 Å². The van der Waals surface area contributed by atoms with Gasteiger partial charge in [-0.2, -0.15) is 0 Å². The molecule has 0 aromatic carbocycles. The number of hydrogen-bond donors (Lipinski definition) is 1. The molecule has 0 saturated carbocycles. The van der Waals surface area contributed by atoms with Crippen LogP contribution in [0, 0.1) is 6.92 Å². The minimum absolute atomic E-state index is 0.828. The number of hydrogen-bond acceptors (Lipinski definition) is 7. The van der Waals surface area contributed by atoms with Gasteiger partial charge in [0.25, 0.3) is 0 Å². The second kappa shape index (κ2) is 7.61. The molecule has 0 aliphatic heterocycles. The van der Waals surface area contributed by atoms with Crippen LogP contribution in [0.4, 0.5) is 5.69 Å². The van der Waals surface area contributed by atoms with Gasteiger partial charge in [-0.25, -0.2) is 15.0 Å². The predicted molar refractivity (Wildman–Crippen MR) is 118 cm³/mol. The van der Waals surface area contributed by atoms with Crippen molar-refractivity contribution in [2.75, 3.05) is 11.5 Å². The fourth-order valence-corrected chi connectivity index (χ4v) is 5.97. The zero-order valence-electron chi connectivity index (χ0n) is 15.5. The van der Waals surface area contributed by atoms with Gasteiger partial charge in [0.05, 0.1) is 21.9 Å². The Bertz CT molecular complexity index is 1080. The Morgan fingerprint density at radius 2 is 2.15 bits per heavy atom. The van der Waals surface area contributed by atoms with Crippen molar-refractivity contribution in [1.29, 1.82) is 0 Å². The first kappa shape index (κ1) is 18.5. The van der Waals surface area contributed by atoms with Crippen LogP contribution < -0.4 is 5.73 Å². The Labute approximate surface area is 170 Å². The number of thiophene rings is 1. The Hall–Kier alpha value is -1.90. The van der Waals surface area contributed by atoms with Crippen molar-refractivity contribution in [3.05, 3.63) is 29.7 Å². The number of nitrogen functional groups attached to an aromatic ring is 1. The Kier molecular flexibility index (Phi) is 5.21. The third-order valence-electron chi connectivity index (χ3n) is 4.53. The third-order valence-corrected chi connectivity index (χ3v) is 7.80. The minimum atomic E-state index is 0.828. The summed E-state index contributed by atoms with van der Waals surface area (Å²) in [6.07, 6.45) is 6.02. The second-order valence-electron chi connectivity index (χ2n) is 6.37. The van der Waals surface area contributed by atoms with Crippen molar-refractivity contribution < 1.29 is 0 Å². The first-order valence-electron chi connectivity index (χ1n) is 8.84. The molecule has 8 heteroatoms. The summed E-state index contributed by atoms with van der Waals surface area (Å²) in [5.74, 6) is 1.07. The highest BCUT2D eigenvalue weighted by Gasteiger charge is 2.21. The van der Waals surface area contributed by atoms with Crippen LogP contribution >= 0.6 is 34.4 Å². The van der Waals surface area contributed by atoms with Gasteiger partial charge in [-0.15, -0.1) is 34.4 Å². The third kappa shape index (κ3) is 3.37. The molecule has 4 aromatic heterocycles. The maximum atomic E-state index is 6.59. The molecular formula is C19H21N5S3. The van der Waals surface area contributed by atoms with E-state index < -0.39 is 0 Å². The zero-order valence-corrected chi connectivity index (χ0v) is 18.0. The van der Waals surface area contributed by atoms with Gasteiger partial charge in [-0.05, 0) is 25.2 Å². The van der Waals surface area contributed by atoms with E-state index >= 15 is 0 Å². The quantitative estimate of drug-likeness (QED) is 0.328. The molecule has 0 spiro atoms. The van der Waals surface area contributed by atoms with E-state index in [2.05, 4.69) is 29.9 Å². The molecule has 0 bridgehead atoms. The fourth-order valence-electron chi connectivity index (χ4n) is 2.92. The molecule has 0 aliphatic rings. The number of aromatic nitrogens is 4. The van der Waals surface area contributed by atoms with Gasteiger partial charge in [0.1, 0.15) is 15.5 Å². The summed E-state index contributed by atoms with van der Waals surface area (Å²) in [7, 11) is 2.01. The molecule has 2 N–H and O–H groups in total. The number of nitrogens with two attached hydrogens (primary N) is 1. The topological polar surface area (TPSA) is 69.6 Å². The number of imidazole rings is 1. The van der Waals surface area contributed by atoms with Gasteiger partial charge < -0.3 is 10.3 Å². The molecule has 140 valence electrons. The van der Waals surface area contributed by atoms with Crippen LogP contribution in [0.15, 0.2) is 28.2 Å². The lowest BCUT2D eigenvalue weighted by Gasteiger charge is -2.07. The minimum Gasteiger partial charge on any atom is -0.397 e. The van der Waals surface area contributed by atoms with Gasteiger partial charge in [-0.3, -0.25) is 0 Å². The smallest absolute Gasteiger partial charge is 0.141 e. The summed E-state index contributed by atoms with van der Waals surface area (Å²) in [4.78, 5) is 14.9. The summed E-state index contributed by atoms with van der Waals surface area (Å²) in [5.41, 5.74) is 11.4. The number of pyridine rings is 1. The number of thioether (sulfide) groups is 1. The highest BCUT2D eigenvalue weighted by Crippen LogP contribution is 2.45. The lowest BCUT2D eigenvalue weighted by molar-refractivity contribution is 0.874. The van der Waals surface area contributed by atoms with Crippen molar-refractivity contribution >= 4 is 50.3 Å². The van der Waals surface area contributed by atoms with Gasteiger partial charge >= 0.3 is 0 Å². The summed E-state index contributed by atoms with van der Waals surface area (Å²) in [6.45, 7) is 4.29. The van der Waals surface area contributed by atoms with Gasteiger partial charge in [0.15, 0.2) is 0 Å². The van der Waals surface area contributed by atoms with Gasteiger partial charge in [0, 0.05) is 35.3 Å². The van der Waals surface area contributed by atoms with Crippen LogP contribution in [0.25, 0.3) is 32.2 Å². The molecular weight excluding hydrogens is 394 g/mol. The van der Waals surface area contributed by atoms with Crippen LogP contribution in [0.3, 0.4) is 0 Å². The Morgan fingerprint density at radius 3 is 2.81 bits per heavy atom. The van der Waals surface area contributed by atoms with E-state index in [1.54, 1.807) is 22.7 Å². The lowest BCUT2D eigenvalue weighted by atomic mass is 10.1. The normalized spacial score (nSPS) is 11.5. The zero-order chi connectivity index (χ0) is 19.0. The van der Waals surface area contributed by atoms with E-state index in [1.165, 1.54) is 12.8 Å². The average Bonchev–Trinajstić information content (AvgIpc) is 3.37. The molecule has 0 amide bonds. The van der Waals surface area contributed by atoms with Crippen molar-refractivity contribution in [2.45, 2.75) is 30.9 Å². The monoisotopic (exact) mass is 415 g/mol. The van der Waals surface area contributed by atoms with Crippen LogP contribution in [0.5, 0.6) is 0 Å². The molecule has 0 saturated heterocycles. The number of unbranched alkanes of at least 4 members (excludes halogenated alkanes) is 1. The molecule has 0 aliphatic carbocycles. The summed E-state index contributed by atoms with van der Waals surface area (Å²) >= 11 is 5.10. The van der Waals surface area contributed by atoms with Gasteiger partial charge in [-0.1, -0.05) is 13.3 Å². The van der Waals surface area contributed by atoms with E-state index in [0.29, 0.717) is 0 Å². The Morgan fingerprint density at radius 1 is 1.30 bits per heavy atom. The van der Waals surface area contributed by atoms with Crippen molar-refractivity contribution in [2.24, 2.45) is 7.05 Å². The maximum Gasteiger partial charge on any atom is 0.141 e. The van der Waals surface area contributed by atoms with Crippen molar-refractivity contribution in [3.63, 3.8) is 0 Å². The number of anilines is 1. The van der Waals surface area contributed by atoms with E-state index in [0.717, 1.165) is 53.5 Å². The van der Waals surface area contributed by atoms with Gasteiger partial charge in [0.2, 0.25) is 0 Å². The standard InChI is InChI=1S/C19H21N5S3/c1-4-5-7-26-19-15(20)14-12(16-11(2)24(3)10-22-16)9-13(23-18(14)27-19)17-21-6-8-25-17/h6,8-10H,4-5,7,20H2,1-3H3. The second-order valence-corrected chi connectivity index (χ2v) is 9.62. The molecule has 0 fully saturated rings. The highest BCUT2D eigenvalue weighted by molar-refractivity contribution is 8.01. The molecule has 0 atom stereocenters. The maximum absolute atomic E-state index is 6.59. The van der Waals surface area contributed by atoms with Crippen molar-refractivity contribution in [1.82, 2.24) is 19.5 Å². The Balaban J connectivity index is 1.93. The van der Waals surface area contributed by atoms with Crippen LogP contribution in [0.1, 0.15) is 25.5 Å². The molecule has 0 unspecified atom stereocenters. The molecule has 0 radical (unpaired) electrons. The number of thiazole rings is 1. The van der Waals surface area contributed by atoms with Crippen molar-refractivity contribution in [3.8, 4) is 22.0 Å². The number of aryl methyl sites for hydroxylation is 1. The molecule has 4 rings (SSSR count). The fraction of sp³-hybridized carbons (Fsp3) is 0.316. The van der Waals surface area contributed by atoms with E-state index in [4.69, 9.17) is 10.7 Å². The van der Waals surface area contributed by atoms with Crippen LogP contribution in [0.2, 0.25) is 0 Å². The first-order valence-corrected chi connectivity index (χ1v) is 11.5. The molecule has 27 heavy (non-hydrogen) atoms. The molecule has 4 aromatic rings. The summed E-state index contributed by atoms with van der Waals surface area (Å²) in [6, 6.07) is 2.08. The molecule has 4 heterocycles. The van der Waals surface area contributed by atoms with Crippen LogP contribution in [-0.2, 0) is 7.05 Å².